The molecule has 396 valence electrons. The van der Waals surface area contributed by atoms with Crippen LogP contribution >= 0.6 is 0 Å². The highest BCUT2D eigenvalue weighted by atomic mass is 16.6. The molecule has 0 saturated carbocycles. The van der Waals surface area contributed by atoms with E-state index in [4.69, 9.17) is 14.2 Å². The lowest BCUT2D eigenvalue weighted by molar-refractivity contribution is -0.167. The van der Waals surface area contributed by atoms with Gasteiger partial charge in [0.25, 0.3) is 0 Å². The predicted octanol–water partition coefficient (Wildman–Crippen LogP) is 19.8. The average molecular weight is 954 g/mol. The van der Waals surface area contributed by atoms with Crippen molar-refractivity contribution in [1.82, 2.24) is 0 Å². The van der Waals surface area contributed by atoms with E-state index in [1.54, 1.807) is 0 Å². The molecule has 0 aliphatic heterocycles. The van der Waals surface area contributed by atoms with Crippen molar-refractivity contribution in [2.75, 3.05) is 13.2 Å². The smallest absolute Gasteiger partial charge is 0.306 e. The van der Waals surface area contributed by atoms with Crippen LogP contribution in [0.25, 0.3) is 0 Å². The number of unbranched alkanes of at least 4 members (excludes halogenated alkanes) is 35. The maximum Gasteiger partial charge on any atom is 0.306 e. The Morgan fingerprint density at radius 2 is 0.559 bits per heavy atom. The summed E-state index contributed by atoms with van der Waals surface area (Å²) in [6, 6.07) is 0. The summed E-state index contributed by atoms with van der Waals surface area (Å²) in [6.07, 6.45) is 69.7. The number of carbonyl (C=O) groups is 3. The van der Waals surface area contributed by atoms with Gasteiger partial charge in [-0.1, -0.05) is 243 Å². The van der Waals surface area contributed by atoms with Gasteiger partial charge in [-0.3, -0.25) is 14.4 Å². The molecule has 0 heterocycles. The van der Waals surface area contributed by atoms with E-state index in [2.05, 4.69) is 69.4 Å². The van der Waals surface area contributed by atoms with Crippen LogP contribution in [0, 0.1) is 0 Å². The van der Waals surface area contributed by atoms with E-state index in [0.717, 1.165) is 77.0 Å². The van der Waals surface area contributed by atoms with Crippen molar-refractivity contribution in [2.45, 2.75) is 316 Å². The van der Waals surface area contributed by atoms with Crippen molar-refractivity contribution >= 4 is 17.9 Å². The third-order valence-electron chi connectivity index (χ3n) is 13.0. The van der Waals surface area contributed by atoms with Crippen LogP contribution in [0.5, 0.6) is 0 Å². The maximum atomic E-state index is 12.9. The van der Waals surface area contributed by atoms with Crippen molar-refractivity contribution in [3.8, 4) is 0 Å². The number of allylic oxidation sites excluding steroid dienone is 8. The van der Waals surface area contributed by atoms with Gasteiger partial charge in [-0.05, 0) is 96.3 Å². The minimum absolute atomic E-state index is 0.0770. The SMILES string of the molecule is CCC/C=C\CCCCCCCC(=O)OCC(COC(=O)CCCCCCCCCCC/C=C\CCCCCCCCCC)OC(=O)CCCCCCCCCCC/C=C\C/C=C\CCCCC. The Morgan fingerprint density at radius 1 is 0.294 bits per heavy atom. The van der Waals surface area contributed by atoms with Crippen LogP contribution in [0.15, 0.2) is 48.6 Å². The first-order chi connectivity index (χ1) is 33.5. The fourth-order valence-electron chi connectivity index (χ4n) is 8.53. The van der Waals surface area contributed by atoms with Crippen LogP contribution in [0.2, 0.25) is 0 Å². The Balaban J connectivity index is 4.27. The molecule has 68 heavy (non-hydrogen) atoms. The maximum absolute atomic E-state index is 12.9. The van der Waals surface area contributed by atoms with Crippen LogP contribution in [-0.2, 0) is 28.6 Å². The van der Waals surface area contributed by atoms with E-state index < -0.39 is 6.10 Å². The fourth-order valence-corrected chi connectivity index (χ4v) is 8.53. The Kier molecular flexibility index (Phi) is 54.8. The van der Waals surface area contributed by atoms with Crippen molar-refractivity contribution in [1.29, 1.82) is 0 Å². The highest BCUT2D eigenvalue weighted by Crippen LogP contribution is 2.16. The van der Waals surface area contributed by atoms with Crippen LogP contribution in [0.1, 0.15) is 310 Å². The molecule has 0 amide bonds. The number of carbonyl (C=O) groups excluding carboxylic acids is 3. The molecule has 1 unspecified atom stereocenters. The molecule has 0 aromatic heterocycles. The Morgan fingerprint density at radius 3 is 0.912 bits per heavy atom. The Hall–Kier alpha value is -2.63. The largest absolute Gasteiger partial charge is 0.462 e. The minimum atomic E-state index is -0.778. The van der Waals surface area contributed by atoms with Gasteiger partial charge in [0, 0.05) is 19.3 Å². The summed E-state index contributed by atoms with van der Waals surface area (Å²) >= 11 is 0. The molecule has 0 aromatic rings. The summed E-state index contributed by atoms with van der Waals surface area (Å²) in [5.41, 5.74) is 0. The molecule has 0 spiro atoms. The molecule has 0 aromatic carbocycles. The highest BCUT2D eigenvalue weighted by Gasteiger charge is 2.19. The van der Waals surface area contributed by atoms with E-state index in [-0.39, 0.29) is 31.1 Å². The molecule has 0 rings (SSSR count). The van der Waals surface area contributed by atoms with E-state index in [1.165, 1.54) is 193 Å². The van der Waals surface area contributed by atoms with Crippen molar-refractivity contribution in [3.63, 3.8) is 0 Å². The van der Waals surface area contributed by atoms with Crippen LogP contribution in [0.3, 0.4) is 0 Å². The number of esters is 3. The van der Waals surface area contributed by atoms with Gasteiger partial charge in [-0.2, -0.15) is 0 Å². The van der Waals surface area contributed by atoms with Gasteiger partial charge in [-0.15, -0.1) is 0 Å². The summed E-state index contributed by atoms with van der Waals surface area (Å²) in [7, 11) is 0. The van der Waals surface area contributed by atoms with Crippen molar-refractivity contribution in [2.24, 2.45) is 0 Å². The lowest BCUT2D eigenvalue weighted by Crippen LogP contribution is -2.30. The van der Waals surface area contributed by atoms with Gasteiger partial charge >= 0.3 is 17.9 Å². The zero-order valence-electron chi connectivity index (χ0n) is 45.4. The van der Waals surface area contributed by atoms with Gasteiger partial charge in [-0.25, -0.2) is 0 Å². The van der Waals surface area contributed by atoms with Gasteiger partial charge in [0.1, 0.15) is 13.2 Å². The van der Waals surface area contributed by atoms with Crippen LogP contribution in [0.4, 0.5) is 0 Å². The lowest BCUT2D eigenvalue weighted by Gasteiger charge is -2.18. The number of rotatable bonds is 54. The molecule has 0 fully saturated rings. The first-order valence-electron chi connectivity index (χ1n) is 29.6. The minimum Gasteiger partial charge on any atom is -0.462 e. The van der Waals surface area contributed by atoms with E-state index in [9.17, 15) is 14.4 Å². The Labute approximate surface area is 422 Å². The molecular formula is C62H112O6. The molecule has 6 heteroatoms. The van der Waals surface area contributed by atoms with Crippen LogP contribution in [-0.4, -0.2) is 37.2 Å². The molecule has 0 aliphatic rings. The molecular weight excluding hydrogens is 841 g/mol. The molecule has 0 aliphatic carbocycles. The van der Waals surface area contributed by atoms with Crippen LogP contribution < -0.4 is 0 Å². The highest BCUT2D eigenvalue weighted by molar-refractivity contribution is 5.71. The van der Waals surface area contributed by atoms with Crippen molar-refractivity contribution < 1.29 is 28.6 Å². The molecule has 6 nitrogen and oxygen atoms in total. The average Bonchev–Trinajstić information content (AvgIpc) is 3.34. The summed E-state index contributed by atoms with van der Waals surface area (Å²) in [5.74, 6) is -0.881. The molecule has 0 radical (unpaired) electrons. The first kappa shape index (κ1) is 65.4. The third-order valence-corrected chi connectivity index (χ3v) is 13.0. The van der Waals surface area contributed by atoms with Gasteiger partial charge in [0.15, 0.2) is 6.10 Å². The third kappa shape index (κ3) is 54.3. The zero-order chi connectivity index (χ0) is 49.3. The predicted molar refractivity (Wildman–Crippen MR) is 293 cm³/mol. The Bertz CT molecular complexity index is 1190. The number of ether oxygens (including phenoxy) is 3. The van der Waals surface area contributed by atoms with E-state index in [0.29, 0.717) is 19.3 Å². The lowest BCUT2D eigenvalue weighted by atomic mass is 10.1. The van der Waals surface area contributed by atoms with E-state index >= 15 is 0 Å². The first-order valence-corrected chi connectivity index (χ1v) is 29.6. The second kappa shape index (κ2) is 57.0. The normalized spacial score (nSPS) is 12.3. The molecule has 0 saturated heterocycles. The van der Waals surface area contributed by atoms with E-state index in [1.807, 2.05) is 0 Å². The number of hydrogen-bond donors (Lipinski definition) is 0. The topological polar surface area (TPSA) is 78.9 Å². The van der Waals surface area contributed by atoms with Gasteiger partial charge < -0.3 is 14.2 Å². The second-order valence-corrected chi connectivity index (χ2v) is 19.9. The number of hydrogen-bond acceptors (Lipinski definition) is 6. The monoisotopic (exact) mass is 953 g/mol. The van der Waals surface area contributed by atoms with Gasteiger partial charge in [0.05, 0.1) is 0 Å². The fraction of sp³-hybridized carbons (Fsp3) is 0.823. The standard InChI is InChI=1S/C62H112O6/c1-4-7-10-13-16-19-22-24-26-28-30-31-33-34-36-38-40-43-46-49-52-55-61(64)67-58-59(57-66-60(63)54-51-48-45-42-21-18-15-12-9-6-3)68-62(65)56-53-50-47-44-41-39-37-35-32-29-27-25-23-20-17-14-11-8-5-2/h12,15,17,20,25,27-28,30,59H,4-11,13-14,16,18-19,21-24,26,29,31-58H2,1-3H3/b15-12-,20-17-,27-25-,30-28-. The molecule has 0 bridgehead atoms. The molecule has 0 N–H and O–H groups in total. The quantitative estimate of drug-likeness (QED) is 0.0262. The zero-order valence-corrected chi connectivity index (χ0v) is 45.4. The summed E-state index contributed by atoms with van der Waals surface area (Å²) in [4.78, 5) is 38.1. The van der Waals surface area contributed by atoms with Gasteiger partial charge in [0.2, 0.25) is 0 Å². The second-order valence-electron chi connectivity index (χ2n) is 19.9. The summed E-state index contributed by atoms with van der Waals surface area (Å²) in [5, 5.41) is 0. The summed E-state index contributed by atoms with van der Waals surface area (Å²) < 4.78 is 16.9. The summed E-state index contributed by atoms with van der Waals surface area (Å²) in [6.45, 7) is 6.57. The van der Waals surface area contributed by atoms with Crippen molar-refractivity contribution in [3.05, 3.63) is 48.6 Å². The molecule has 1 atom stereocenters.